The predicted molar refractivity (Wildman–Crippen MR) is 37.7 cm³/mol. The fourth-order valence-corrected chi connectivity index (χ4v) is 1.61. The van der Waals surface area contributed by atoms with Gasteiger partial charge in [0.05, 0.1) is 0 Å². The minimum Gasteiger partial charge on any atom is -0.343 e. The number of fused-ring (bicyclic) bond motifs is 4. The topological polar surface area (TPSA) is 58.2 Å². The van der Waals surface area contributed by atoms with E-state index in [0.29, 0.717) is 0 Å². The molecule has 0 aromatic carbocycles. The molecule has 0 spiro atoms. The summed E-state index contributed by atoms with van der Waals surface area (Å²) >= 11 is 0. The molecule has 0 radical (unpaired) electrons. The van der Waals surface area contributed by atoms with E-state index in [1.54, 1.807) is 0 Å². The third-order valence-corrected chi connectivity index (χ3v) is 2.25. The highest BCUT2D eigenvalue weighted by molar-refractivity contribution is 5.97. The van der Waals surface area contributed by atoms with Crippen LogP contribution in [-0.4, -0.2) is 23.9 Å². The van der Waals surface area contributed by atoms with Crippen LogP contribution in [-0.2, 0) is 9.59 Å². The normalized spacial score (nSPS) is 36.0. The van der Waals surface area contributed by atoms with Gasteiger partial charge in [-0.2, -0.15) is 0 Å². The quantitative estimate of drug-likeness (QED) is 0.477. The number of hydrogen-bond acceptors (Lipinski definition) is 2. The van der Waals surface area contributed by atoms with Gasteiger partial charge in [-0.3, -0.25) is 9.59 Å². The van der Waals surface area contributed by atoms with E-state index in [1.165, 1.54) is 0 Å². The van der Waals surface area contributed by atoms with Crippen molar-refractivity contribution >= 4 is 11.8 Å². The van der Waals surface area contributed by atoms with Crippen LogP contribution in [0.3, 0.4) is 0 Å². The highest BCUT2D eigenvalue weighted by Crippen LogP contribution is 2.15. The fourth-order valence-electron chi connectivity index (χ4n) is 1.61. The van der Waals surface area contributed by atoms with Gasteiger partial charge in [0.15, 0.2) is 0 Å². The van der Waals surface area contributed by atoms with Crippen LogP contribution in [0.2, 0.25) is 0 Å². The Hall–Kier alpha value is -1.06. The highest BCUT2D eigenvalue weighted by Gasteiger charge is 2.35. The second-order valence-electron chi connectivity index (χ2n) is 3.05. The zero-order valence-corrected chi connectivity index (χ0v) is 6.09. The van der Waals surface area contributed by atoms with E-state index < -0.39 is 0 Å². The molecule has 3 aliphatic rings. The van der Waals surface area contributed by atoms with Crippen molar-refractivity contribution in [2.75, 3.05) is 0 Å². The summed E-state index contributed by atoms with van der Waals surface area (Å²) in [6.07, 6.45) is 2.52. The molecular formula is C7H10N2O2. The first-order valence-corrected chi connectivity index (χ1v) is 3.88. The van der Waals surface area contributed by atoms with Crippen molar-refractivity contribution < 1.29 is 9.59 Å². The van der Waals surface area contributed by atoms with Crippen molar-refractivity contribution in [1.82, 2.24) is 10.6 Å². The van der Waals surface area contributed by atoms with Crippen molar-refractivity contribution in [1.29, 1.82) is 0 Å². The zero-order valence-electron chi connectivity index (χ0n) is 6.09. The van der Waals surface area contributed by atoms with E-state index in [1.807, 2.05) is 0 Å². The summed E-state index contributed by atoms with van der Waals surface area (Å²) < 4.78 is 0. The average Bonchev–Trinajstić information content (AvgIpc) is 2.21. The number of amides is 2. The van der Waals surface area contributed by atoms with E-state index in [4.69, 9.17) is 0 Å². The summed E-state index contributed by atoms with van der Waals surface area (Å²) in [6.45, 7) is 0. The number of carbonyl (C=O) groups excluding carboxylic acids is 2. The highest BCUT2D eigenvalue weighted by atomic mass is 16.2. The third-order valence-electron chi connectivity index (χ3n) is 2.25. The van der Waals surface area contributed by atoms with E-state index >= 15 is 0 Å². The Kier molecular flexibility index (Phi) is 1.34. The molecule has 11 heavy (non-hydrogen) atoms. The Morgan fingerprint density at radius 2 is 1.45 bits per heavy atom. The summed E-state index contributed by atoms with van der Waals surface area (Å²) in [5.74, 6) is -0.0424. The number of hydrogen-bond donors (Lipinski definition) is 2. The summed E-state index contributed by atoms with van der Waals surface area (Å²) in [6, 6.07) is -0.525. The average molecular weight is 154 g/mol. The van der Waals surface area contributed by atoms with Gasteiger partial charge in [-0.15, -0.1) is 0 Å². The molecule has 0 aliphatic carbocycles. The molecule has 0 saturated carbocycles. The molecule has 2 unspecified atom stereocenters. The molecule has 2 bridgehead atoms. The van der Waals surface area contributed by atoms with Gasteiger partial charge in [0.1, 0.15) is 12.1 Å². The van der Waals surface area contributed by atoms with Gasteiger partial charge >= 0.3 is 0 Å². The van der Waals surface area contributed by atoms with Crippen molar-refractivity contribution in [3.63, 3.8) is 0 Å². The molecule has 0 aromatic rings. The molecule has 3 rings (SSSR count). The lowest BCUT2D eigenvalue weighted by molar-refractivity contribution is -0.135. The van der Waals surface area contributed by atoms with Gasteiger partial charge < -0.3 is 10.6 Å². The molecule has 60 valence electrons. The summed E-state index contributed by atoms with van der Waals surface area (Å²) in [5, 5.41) is 5.35. The predicted octanol–water partition coefficient (Wildman–Crippen LogP) is -0.847. The molecule has 3 aliphatic heterocycles. The second kappa shape index (κ2) is 2.22. The van der Waals surface area contributed by atoms with Crippen molar-refractivity contribution in [2.24, 2.45) is 0 Å². The Morgan fingerprint density at radius 1 is 1.00 bits per heavy atom. The first kappa shape index (κ1) is 6.64. The standard InChI is InChI=1S/C7H10N2O2/c10-6-4-2-1-3-5(9-6)7(11)8-4/h4-5H,1-3H2,(H,8,11)(H,9,10). The van der Waals surface area contributed by atoms with Crippen LogP contribution < -0.4 is 10.6 Å². The van der Waals surface area contributed by atoms with Gasteiger partial charge in [-0.25, -0.2) is 0 Å². The maximum absolute atomic E-state index is 11.1. The van der Waals surface area contributed by atoms with Crippen LogP contribution in [0.25, 0.3) is 0 Å². The molecule has 4 nitrogen and oxygen atoms in total. The van der Waals surface area contributed by atoms with Crippen LogP contribution in [0.4, 0.5) is 0 Å². The Labute approximate surface area is 64.3 Å². The molecule has 3 heterocycles. The summed E-state index contributed by atoms with van der Waals surface area (Å²) in [5.41, 5.74) is 0. The maximum Gasteiger partial charge on any atom is 0.243 e. The van der Waals surface area contributed by atoms with Gasteiger partial charge in [-0.05, 0) is 19.3 Å². The lowest BCUT2D eigenvalue weighted by atomic mass is 10.1. The monoisotopic (exact) mass is 154 g/mol. The van der Waals surface area contributed by atoms with E-state index in [0.717, 1.165) is 19.3 Å². The van der Waals surface area contributed by atoms with Crippen LogP contribution >= 0.6 is 0 Å². The maximum atomic E-state index is 11.1. The molecule has 0 aromatic heterocycles. The second-order valence-corrected chi connectivity index (χ2v) is 3.05. The van der Waals surface area contributed by atoms with Crippen LogP contribution in [0.15, 0.2) is 0 Å². The van der Waals surface area contributed by atoms with Crippen LogP contribution in [0.1, 0.15) is 19.3 Å². The Morgan fingerprint density at radius 3 is 1.91 bits per heavy atom. The van der Waals surface area contributed by atoms with Crippen molar-refractivity contribution in [3.8, 4) is 0 Å². The minimum atomic E-state index is -0.263. The van der Waals surface area contributed by atoms with E-state index in [9.17, 15) is 9.59 Å². The smallest absolute Gasteiger partial charge is 0.243 e. The molecule has 2 amide bonds. The van der Waals surface area contributed by atoms with Gasteiger partial charge in [0.25, 0.3) is 0 Å². The number of rotatable bonds is 0. The Bertz CT molecular complexity index is 192. The molecule has 3 saturated heterocycles. The zero-order chi connectivity index (χ0) is 7.84. The van der Waals surface area contributed by atoms with E-state index in [-0.39, 0.29) is 23.9 Å². The van der Waals surface area contributed by atoms with Gasteiger partial charge in [-0.1, -0.05) is 0 Å². The van der Waals surface area contributed by atoms with Gasteiger partial charge in [0, 0.05) is 0 Å². The molecule has 2 N–H and O–H groups in total. The van der Waals surface area contributed by atoms with Crippen LogP contribution in [0, 0.1) is 0 Å². The lowest BCUT2D eigenvalue weighted by Crippen LogP contribution is -2.59. The number of piperazine rings is 1. The SMILES string of the molecule is O=C1NC2CCCC1NC2=O. The Balaban J connectivity index is 2.24. The first-order chi connectivity index (χ1) is 5.27. The lowest BCUT2D eigenvalue weighted by Gasteiger charge is -2.24. The fraction of sp³-hybridized carbons (Fsp3) is 0.714. The van der Waals surface area contributed by atoms with Crippen molar-refractivity contribution in [2.45, 2.75) is 31.3 Å². The number of carbonyl (C=O) groups is 2. The molecular weight excluding hydrogens is 144 g/mol. The summed E-state index contributed by atoms with van der Waals surface area (Å²) in [7, 11) is 0. The summed E-state index contributed by atoms with van der Waals surface area (Å²) in [4.78, 5) is 22.2. The number of nitrogens with one attached hydrogen (secondary N) is 2. The third kappa shape index (κ3) is 0.982. The van der Waals surface area contributed by atoms with Gasteiger partial charge in [0.2, 0.25) is 11.8 Å². The van der Waals surface area contributed by atoms with Crippen LogP contribution in [0.5, 0.6) is 0 Å². The minimum absolute atomic E-state index is 0.0212. The van der Waals surface area contributed by atoms with E-state index in [2.05, 4.69) is 10.6 Å². The first-order valence-electron chi connectivity index (χ1n) is 3.88. The largest absolute Gasteiger partial charge is 0.343 e. The molecule has 3 fully saturated rings. The molecule has 2 atom stereocenters. The molecule has 4 heteroatoms. The van der Waals surface area contributed by atoms with Crippen molar-refractivity contribution in [3.05, 3.63) is 0 Å².